The van der Waals surface area contributed by atoms with Crippen LogP contribution in [0.1, 0.15) is 10.4 Å². The number of hydrogen-bond acceptors (Lipinski definition) is 4. The standard InChI is InChI=1S/C9H9NO2S.ClH/c1-12-9(11)7-4-6-2-3-13-8(6)5-10-7;/h2-4,10H,5H2,1H3;1H. The van der Waals surface area contributed by atoms with E-state index in [1.165, 1.54) is 12.0 Å². The van der Waals surface area contributed by atoms with Crippen LogP contribution in [0.3, 0.4) is 0 Å². The second-order valence-electron chi connectivity index (χ2n) is 2.70. The Morgan fingerprint density at radius 1 is 1.64 bits per heavy atom. The molecule has 0 amide bonds. The summed E-state index contributed by atoms with van der Waals surface area (Å²) >= 11 is 1.69. The highest BCUT2D eigenvalue weighted by Gasteiger charge is 2.15. The maximum Gasteiger partial charge on any atom is 0.354 e. The first-order valence-corrected chi connectivity index (χ1v) is 4.79. The first kappa shape index (κ1) is 11.1. The maximum absolute atomic E-state index is 11.1. The van der Waals surface area contributed by atoms with Crippen LogP contribution in [-0.2, 0) is 16.1 Å². The van der Waals surface area contributed by atoms with Gasteiger partial charge >= 0.3 is 5.97 Å². The van der Waals surface area contributed by atoms with Crippen molar-refractivity contribution in [2.75, 3.05) is 7.11 Å². The Labute approximate surface area is 92.2 Å². The van der Waals surface area contributed by atoms with E-state index in [2.05, 4.69) is 10.1 Å². The van der Waals surface area contributed by atoms with Gasteiger partial charge in [0.2, 0.25) is 0 Å². The van der Waals surface area contributed by atoms with Crippen molar-refractivity contribution < 1.29 is 9.53 Å². The SMILES string of the molecule is COC(=O)C1=Cc2ccsc2CN1.Cl. The van der Waals surface area contributed by atoms with E-state index in [1.807, 2.05) is 17.5 Å². The average Bonchev–Trinajstić information content (AvgIpc) is 2.63. The molecular weight excluding hydrogens is 222 g/mol. The summed E-state index contributed by atoms with van der Waals surface area (Å²) in [5.41, 5.74) is 1.65. The van der Waals surface area contributed by atoms with Crippen molar-refractivity contribution in [3.63, 3.8) is 0 Å². The number of hydrogen-bond donors (Lipinski definition) is 1. The summed E-state index contributed by atoms with van der Waals surface area (Å²) < 4.78 is 4.61. The molecule has 0 saturated heterocycles. The van der Waals surface area contributed by atoms with Crippen LogP contribution >= 0.6 is 23.7 Å². The van der Waals surface area contributed by atoms with Crippen LogP contribution in [0.15, 0.2) is 17.1 Å². The zero-order chi connectivity index (χ0) is 9.26. The van der Waals surface area contributed by atoms with Crippen LogP contribution in [0.2, 0.25) is 0 Å². The molecule has 5 heteroatoms. The first-order chi connectivity index (χ1) is 6.31. The number of methoxy groups -OCH3 is 1. The summed E-state index contributed by atoms with van der Waals surface area (Å²) in [7, 11) is 1.38. The Morgan fingerprint density at radius 2 is 2.43 bits per heavy atom. The zero-order valence-corrected chi connectivity index (χ0v) is 9.21. The van der Waals surface area contributed by atoms with Gasteiger partial charge in [0, 0.05) is 4.88 Å². The van der Waals surface area contributed by atoms with Crippen LogP contribution in [0.25, 0.3) is 6.08 Å². The number of carbonyl (C=O) groups is 1. The third kappa shape index (κ3) is 1.91. The lowest BCUT2D eigenvalue weighted by Crippen LogP contribution is -2.23. The van der Waals surface area contributed by atoms with Gasteiger partial charge in [-0.3, -0.25) is 0 Å². The molecule has 0 aliphatic carbocycles. The van der Waals surface area contributed by atoms with Crippen LogP contribution in [0.4, 0.5) is 0 Å². The van der Waals surface area contributed by atoms with Gasteiger partial charge in [0.05, 0.1) is 13.7 Å². The average molecular weight is 232 g/mol. The summed E-state index contributed by atoms with van der Waals surface area (Å²) in [4.78, 5) is 12.4. The van der Waals surface area contributed by atoms with E-state index < -0.39 is 0 Å². The molecule has 0 unspecified atom stereocenters. The minimum atomic E-state index is -0.308. The lowest BCUT2D eigenvalue weighted by Gasteiger charge is -2.13. The highest BCUT2D eigenvalue weighted by Crippen LogP contribution is 2.23. The zero-order valence-electron chi connectivity index (χ0n) is 7.57. The highest BCUT2D eigenvalue weighted by molar-refractivity contribution is 7.10. The van der Waals surface area contributed by atoms with Crippen molar-refractivity contribution >= 4 is 35.8 Å². The third-order valence-corrected chi connectivity index (χ3v) is 2.86. The Kier molecular flexibility index (Phi) is 3.55. The molecule has 1 aromatic heterocycles. The molecule has 1 aliphatic heterocycles. The van der Waals surface area contributed by atoms with E-state index in [0.717, 1.165) is 5.56 Å². The number of halogens is 1. The molecule has 1 aromatic rings. The van der Waals surface area contributed by atoms with Crippen molar-refractivity contribution in [3.05, 3.63) is 27.6 Å². The summed E-state index contributed by atoms with van der Waals surface area (Å²) in [6, 6.07) is 2.00. The largest absolute Gasteiger partial charge is 0.464 e. The van der Waals surface area contributed by atoms with E-state index in [9.17, 15) is 4.79 Å². The fourth-order valence-corrected chi connectivity index (χ4v) is 2.04. The maximum atomic E-state index is 11.1. The van der Waals surface area contributed by atoms with Gasteiger partial charge in [0.15, 0.2) is 0 Å². The molecule has 2 heterocycles. The van der Waals surface area contributed by atoms with Gasteiger partial charge < -0.3 is 10.1 Å². The summed E-state index contributed by atoms with van der Waals surface area (Å²) in [6.07, 6.45) is 1.82. The van der Waals surface area contributed by atoms with E-state index in [1.54, 1.807) is 11.3 Å². The van der Waals surface area contributed by atoms with E-state index in [-0.39, 0.29) is 18.4 Å². The number of ether oxygens (including phenoxy) is 1. The third-order valence-electron chi connectivity index (χ3n) is 1.92. The van der Waals surface area contributed by atoms with Gasteiger partial charge in [0.1, 0.15) is 5.70 Å². The monoisotopic (exact) mass is 231 g/mol. The van der Waals surface area contributed by atoms with Gasteiger partial charge in [0.25, 0.3) is 0 Å². The lowest BCUT2D eigenvalue weighted by molar-refractivity contribution is -0.136. The smallest absolute Gasteiger partial charge is 0.354 e. The number of fused-ring (bicyclic) bond motifs is 1. The Bertz CT molecular complexity index is 373. The molecule has 0 aromatic carbocycles. The molecule has 0 spiro atoms. The van der Waals surface area contributed by atoms with Crippen LogP contribution < -0.4 is 5.32 Å². The van der Waals surface area contributed by atoms with Crippen molar-refractivity contribution in [2.24, 2.45) is 0 Å². The fraction of sp³-hybridized carbons (Fsp3) is 0.222. The number of thiophene rings is 1. The van der Waals surface area contributed by atoms with Crippen molar-refractivity contribution in [1.82, 2.24) is 5.32 Å². The van der Waals surface area contributed by atoms with E-state index in [4.69, 9.17) is 0 Å². The summed E-state index contributed by atoms with van der Waals surface area (Å²) in [5.74, 6) is -0.308. The normalized spacial score (nSPS) is 13.1. The minimum Gasteiger partial charge on any atom is -0.464 e. The molecular formula is C9H10ClNO2S. The number of rotatable bonds is 1. The van der Waals surface area contributed by atoms with Crippen molar-refractivity contribution in [2.45, 2.75) is 6.54 Å². The molecule has 1 N–H and O–H groups in total. The highest BCUT2D eigenvalue weighted by atomic mass is 35.5. The molecule has 0 fully saturated rings. The molecule has 0 bridgehead atoms. The molecule has 0 atom stereocenters. The van der Waals surface area contributed by atoms with Gasteiger partial charge in [-0.15, -0.1) is 23.7 Å². The fourth-order valence-electron chi connectivity index (χ4n) is 1.25. The Balaban J connectivity index is 0.000000980. The quantitative estimate of drug-likeness (QED) is 0.749. The number of carbonyl (C=O) groups excluding carboxylic acids is 1. The van der Waals surface area contributed by atoms with E-state index in [0.29, 0.717) is 12.2 Å². The lowest BCUT2D eigenvalue weighted by atomic mass is 10.1. The number of nitrogens with one attached hydrogen (secondary N) is 1. The van der Waals surface area contributed by atoms with Crippen LogP contribution in [0.5, 0.6) is 0 Å². The van der Waals surface area contributed by atoms with Crippen LogP contribution in [0, 0.1) is 0 Å². The molecule has 14 heavy (non-hydrogen) atoms. The Morgan fingerprint density at radius 3 is 3.14 bits per heavy atom. The number of esters is 1. The second-order valence-corrected chi connectivity index (χ2v) is 3.70. The second kappa shape index (κ2) is 4.48. The molecule has 76 valence electrons. The topological polar surface area (TPSA) is 38.3 Å². The molecule has 3 nitrogen and oxygen atoms in total. The molecule has 1 aliphatic rings. The Hall–Kier alpha value is -1.00. The van der Waals surface area contributed by atoms with Crippen molar-refractivity contribution in [1.29, 1.82) is 0 Å². The first-order valence-electron chi connectivity index (χ1n) is 3.91. The van der Waals surface area contributed by atoms with Gasteiger partial charge in [-0.2, -0.15) is 0 Å². The summed E-state index contributed by atoms with van der Waals surface area (Å²) in [5, 5.41) is 5.03. The van der Waals surface area contributed by atoms with Gasteiger partial charge in [-0.1, -0.05) is 0 Å². The van der Waals surface area contributed by atoms with E-state index >= 15 is 0 Å². The van der Waals surface area contributed by atoms with Gasteiger partial charge in [-0.05, 0) is 23.1 Å². The minimum absolute atomic E-state index is 0. The molecule has 2 rings (SSSR count). The van der Waals surface area contributed by atoms with Gasteiger partial charge in [-0.25, -0.2) is 4.79 Å². The van der Waals surface area contributed by atoms with Crippen molar-refractivity contribution in [3.8, 4) is 0 Å². The molecule has 0 saturated carbocycles. The predicted octanol–water partition coefficient (Wildman–Crippen LogP) is 1.79. The predicted molar refractivity (Wildman–Crippen MR) is 58.4 cm³/mol. The summed E-state index contributed by atoms with van der Waals surface area (Å²) in [6.45, 7) is 0.716. The molecule has 0 radical (unpaired) electrons. The van der Waals surface area contributed by atoms with Crippen LogP contribution in [-0.4, -0.2) is 13.1 Å².